The van der Waals surface area contributed by atoms with Crippen LogP contribution in [0.5, 0.6) is 5.75 Å². The van der Waals surface area contributed by atoms with Crippen molar-refractivity contribution in [1.29, 1.82) is 0 Å². The number of ether oxygens (including phenoxy) is 1. The number of carbonyl (C=O) groups is 2. The molecule has 0 fully saturated rings. The van der Waals surface area contributed by atoms with Crippen LogP contribution in [0.2, 0.25) is 0 Å². The lowest BCUT2D eigenvalue weighted by atomic mass is 10.2. The molecule has 0 aliphatic carbocycles. The molecule has 0 saturated carbocycles. The average molecular weight is 281 g/mol. The van der Waals surface area contributed by atoms with E-state index in [4.69, 9.17) is 9.84 Å². The lowest BCUT2D eigenvalue weighted by Crippen LogP contribution is -2.24. The summed E-state index contributed by atoms with van der Waals surface area (Å²) < 4.78 is 18.8. The molecule has 2 N–H and O–H groups in total. The maximum atomic E-state index is 13.6. The third kappa shape index (κ3) is 5.51. The van der Waals surface area contributed by atoms with Crippen molar-refractivity contribution < 1.29 is 23.8 Å². The summed E-state index contributed by atoms with van der Waals surface area (Å²) in [5.41, 5.74) is 0.418. The molecule has 1 aromatic carbocycles. The maximum Gasteiger partial charge on any atom is 0.328 e. The highest BCUT2D eigenvalue weighted by Crippen LogP contribution is 2.19. The standard InChI is InChI=1S/C14H16FNO4/c1-2-16-13(17)7-8-20-12-5-3-10(9-11(12)15)4-6-14(18)19/h3-6,9H,2,7-8H2,1H3,(H,16,17)(H,18,19)/b6-4+. The lowest BCUT2D eigenvalue weighted by molar-refractivity contribution is -0.131. The molecule has 0 radical (unpaired) electrons. The Hall–Kier alpha value is -2.37. The molecule has 0 atom stereocenters. The van der Waals surface area contributed by atoms with Gasteiger partial charge in [-0.2, -0.15) is 0 Å². The van der Waals surface area contributed by atoms with E-state index in [0.717, 1.165) is 6.08 Å². The molecule has 6 heteroatoms. The van der Waals surface area contributed by atoms with Crippen molar-refractivity contribution in [2.45, 2.75) is 13.3 Å². The number of rotatable bonds is 7. The van der Waals surface area contributed by atoms with Gasteiger partial charge in [-0.25, -0.2) is 9.18 Å². The van der Waals surface area contributed by atoms with Crippen LogP contribution in [-0.2, 0) is 9.59 Å². The Morgan fingerprint density at radius 1 is 1.45 bits per heavy atom. The molecular weight excluding hydrogens is 265 g/mol. The van der Waals surface area contributed by atoms with E-state index in [-0.39, 0.29) is 24.7 Å². The second-order valence-corrected chi connectivity index (χ2v) is 3.91. The van der Waals surface area contributed by atoms with Crippen LogP contribution in [0.15, 0.2) is 24.3 Å². The SMILES string of the molecule is CCNC(=O)CCOc1ccc(/C=C/C(=O)O)cc1F. The van der Waals surface area contributed by atoms with Crippen LogP contribution in [0, 0.1) is 5.82 Å². The Bertz CT molecular complexity index is 514. The van der Waals surface area contributed by atoms with Gasteiger partial charge in [-0.1, -0.05) is 6.07 Å². The van der Waals surface area contributed by atoms with E-state index >= 15 is 0 Å². The fraction of sp³-hybridized carbons (Fsp3) is 0.286. The fourth-order valence-electron chi connectivity index (χ4n) is 1.44. The first-order valence-electron chi connectivity index (χ1n) is 6.13. The Labute approximate surface area is 116 Å². The Balaban J connectivity index is 2.56. The molecule has 1 amide bonds. The first-order valence-corrected chi connectivity index (χ1v) is 6.13. The largest absolute Gasteiger partial charge is 0.490 e. The zero-order chi connectivity index (χ0) is 15.0. The third-order valence-electron chi connectivity index (χ3n) is 2.33. The molecule has 0 heterocycles. The van der Waals surface area contributed by atoms with Gasteiger partial charge in [-0.15, -0.1) is 0 Å². The second kappa shape index (κ2) is 7.93. The molecule has 0 aliphatic heterocycles. The van der Waals surface area contributed by atoms with Gasteiger partial charge in [0.2, 0.25) is 5.91 Å². The van der Waals surface area contributed by atoms with Gasteiger partial charge in [0.05, 0.1) is 13.0 Å². The smallest absolute Gasteiger partial charge is 0.328 e. The van der Waals surface area contributed by atoms with Gasteiger partial charge in [0.1, 0.15) is 0 Å². The van der Waals surface area contributed by atoms with Crippen LogP contribution >= 0.6 is 0 Å². The molecular formula is C14H16FNO4. The molecule has 0 spiro atoms. The molecule has 0 aliphatic rings. The van der Waals surface area contributed by atoms with Crippen molar-refractivity contribution in [1.82, 2.24) is 5.32 Å². The zero-order valence-corrected chi connectivity index (χ0v) is 11.1. The van der Waals surface area contributed by atoms with Crippen LogP contribution in [0.3, 0.4) is 0 Å². The normalized spacial score (nSPS) is 10.5. The molecule has 108 valence electrons. The quantitative estimate of drug-likeness (QED) is 0.748. The van der Waals surface area contributed by atoms with E-state index in [1.807, 2.05) is 6.92 Å². The minimum atomic E-state index is -1.10. The molecule has 0 saturated heterocycles. The van der Waals surface area contributed by atoms with Crippen LogP contribution in [0.1, 0.15) is 18.9 Å². The minimum Gasteiger partial charge on any atom is -0.490 e. The first kappa shape index (κ1) is 15.7. The summed E-state index contributed by atoms with van der Waals surface area (Å²) in [6.45, 7) is 2.42. The topological polar surface area (TPSA) is 75.6 Å². The maximum absolute atomic E-state index is 13.6. The molecule has 0 aromatic heterocycles. The number of hydrogen-bond donors (Lipinski definition) is 2. The summed E-state index contributed by atoms with van der Waals surface area (Å²) in [6, 6.07) is 4.10. The van der Waals surface area contributed by atoms with E-state index in [9.17, 15) is 14.0 Å². The minimum absolute atomic E-state index is 0.0294. The Morgan fingerprint density at radius 2 is 2.20 bits per heavy atom. The average Bonchev–Trinajstić information content (AvgIpc) is 2.39. The third-order valence-corrected chi connectivity index (χ3v) is 2.33. The molecule has 5 nitrogen and oxygen atoms in total. The van der Waals surface area contributed by atoms with Gasteiger partial charge in [-0.05, 0) is 30.7 Å². The van der Waals surface area contributed by atoms with Crippen LogP contribution in [-0.4, -0.2) is 30.1 Å². The number of hydrogen-bond acceptors (Lipinski definition) is 3. The second-order valence-electron chi connectivity index (χ2n) is 3.91. The Morgan fingerprint density at radius 3 is 2.80 bits per heavy atom. The summed E-state index contributed by atoms with van der Waals surface area (Å²) in [6.07, 6.45) is 2.35. The molecule has 0 bridgehead atoms. The van der Waals surface area contributed by atoms with Crippen molar-refractivity contribution in [2.24, 2.45) is 0 Å². The predicted molar refractivity (Wildman–Crippen MR) is 71.9 cm³/mol. The van der Waals surface area contributed by atoms with E-state index in [2.05, 4.69) is 5.32 Å². The number of aliphatic carboxylic acids is 1. The van der Waals surface area contributed by atoms with E-state index in [1.54, 1.807) is 0 Å². The highest BCUT2D eigenvalue weighted by molar-refractivity contribution is 5.85. The monoisotopic (exact) mass is 281 g/mol. The van der Waals surface area contributed by atoms with Crippen molar-refractivity contribution in [2.75, 3.05) is 13.2 Å². The van der Waals surface area contributed by atoms with Gasteiger partial charge in [0.25, 0.3) is 0 Å². The summed E-state index contributed by atoms with van der Waals surface area (Å²) in [4.78, 5) is 21.5. The van der Waals surface area contributed by atoms with Gasteiger partial charge < -0.3 is 15.2 Å². The van der Waals surface area contributed by atoms with Gasteiger partial charge in [0.15, 0.2) is 11.6 Å². The number of nitrogens with one attached hydrogen (secondary N) is 1. The summed E-state index contributed by atoms with van der Waals surface area (Å²) in [5, 5.41) is 11.1. The van der Waals surface area contributed by atoms with Crippen molar-refractivity contribution in [3.63, 3.8) is 0 Å². The Kier molecular flexibility index (Phi) is 6.22. The summed E-state index contributed by atoms with van der Waals surface area (Å²) >= 11 is 0. The molecule has 0 unspecified atom stereocenters. The molecule has 1 aromatic rings. The van der Waals surface area contributed by atoms with Crippen LogP contribution in [0.25, 0.3) is 6.08 Å². The fourth-order valence-corrected chi connectivity index (χ4v) is 1.44. The molecule has 20 heavy (non-hydrogen) atoms. The highest BCUT2D eigenvalue weighted by Gasteiger charge is 2.05. The van der Waals surface area contributed by atoms with Crippen LogP contribution < -0.4 is 10.1 Å². The van der Waals surface area contributed by atoms with Gasteiger partial charge in [0, 0.05) is 12.6 Å². The number of carbonyl (C=O) groups excluding carboxylic acids is 1. The van der Waals surface area contributed by atoms with Crippen molar-refractivity contribution in [3.8, 4) is 5.75 Å². The zero-order valence-electron chi connectivity index (χ0n) is 11.1. The highest BCUT2D eigenvalue weighted by atomic mass is 19.1. The lowest BCUT2D eigenvalue weighted by Gasteiger charge is -2.07. The molecule has 1 rings (SSSR count). The van der Waals surface area contributed by atoms with Crippen molar-refractivity contribution >= 4 is 18.0 Å². The number of benzene rings is 1. The number of carboxylic acids is 1. The summed E-state index contributed by atoms with van der Waals surface area (Å²) in [7, 11) is 0. The summed E-state index contributed by atoms with van der Waals surface area (Å²) in [5.74, 6) is -1.84. The van der Waals surface area contributed by atoms with Gasteiger partial charge >= 0.3 is 5.97 Å². The number of halogens is 1. The van der Waals surface area contributed by atoms with E-state index < -0.39 is 11.8 Å². The first-order chi connectivity index (χ1) is 9.52. The van der Waals surface area contributed by atoms with Gasteiger partial charge in [-0.3, -0.25) is 4.79 Å². The van der Waals surface area contributed by atoms with Crippen LogP contribution in [0.4, 0.5) is 4.39 Å². The number of carboxylic acid groups (broad SMARTS) is 1. The van der Waals surface area contributed by atoms with E-state index in [1.165, 1.54) is 24.3 Å². The predicted octanol–water partition coefficient (Wildman–Crippen LogP) is 1.83. The van der Waals surface area contributed by atoms with Crippen molar-refractivity contribution in [3.05, 3.63) is 35.7 Å². The number of amides is 1. The van der Waals surface area contributed by atoms with E-state index in [0.29, 0.717) is 12.1 Å².